The smallest absolute Gasteiger partial charge is 0.167 e. The molecule has 0 spiro atoms. The summed E-state index contributed by atoms with van der Waals surface area (Å²) in [6, 6.07) is 14.1. The highest BCUT2D eigenvalue weighted by Gasteiger charge is 2.47. The Balaban J connectivity index is 1.22. The van der Waals surface area contributed by atoms with Gasteiger partial charge in [-0.2, -0.15) is 0 Å². The van der Waals surface area contributed by atoms with Crippen molar-refractivity contribution in [2.45, 2.75) is 90.3 Å². The zero-order valence-corrected chi connectivity index (χ0v) is 25.2. The van der Waals surface area contributed by atoms with Crippen LogP contribution in [0, 0.1) is 6.92 Å². The first-order valence-electron chi connectivity index (χ1n) is 14.7. The molecule has 0 aliphatic carbocycles. The molecule has 226 valence electrons. The molecule has 43 heavy (non-hydrogen) atoms. The van der Waals surface area contributed by atoms with Crippen molar-refractivity contribution < 1.29 is 24.5 Å². The second kappa shape index (κ2) is 12.3. The number of hydrogen-bond donors (Lipinski definition) is 3. The molecule has 5 rings (SSSR count). The average molecular weight is 586 g/mol. The molecule has 1 saturated heterocycles. The van der Waals surface area contributed by atoms with Gasteiger partial charge in [-0.1, -0.05) is 51.5 Å². The number of nitrogens with one attached hydrogen (secondary N) is 1. The molecule has 10 heteroatoms. The van der Waals surface area contributed by atoms with Crippen LogP contribution in [0.4, 0.5) is 11.5 Å². The molecule has 0 radical (unpaired) electrons. The summed E-state index contributed by atoms with van der Waals surface area (Å²) >= 11 is 0. The number of nitrogens with zero attached hydrogens (tertiary/aromatic N) is 4. The largest absolute Gasteiger partial charge is 0.387 e. The summed E-state index contributed by atoms with van der Waals surface area (Å²) in [4.78, 5) is 38.2. The summed E-state index contributed by atoms with van der Waals surface area (Å²) in [5.41, 5.74) is 5.81. The van der Waals surface area contributed by atoms with E-state index in [1.807, 2.05) is 43.3 Å². The first-order valence-corrected chi connectivity index (χ1v) is 14.7. The minimum Gasteiger partial charge on any atom is -0.387 e. The molecule has 10 nitrogen and oxygen atoms in total. The Kier molecular flexibility index (Phi) is 8.73. The van der Waals surface area contributed by atoms with Gasteiger partial charge in [0.25, 0.3) is 0 Å². The quantitative estimate of drug-likeness (QED) is 0.220. The first-order chi connectivity index (χ1) is 20.5. The van der Waals surface area contributed by atoms with Crippen molar-refractivity contribution in [3.8, 4) is 0 Å². The number of imidazole rings is 1. The maximum absolute atomic E-state index is 12.9. The number of rotatable bonds is 10. The maximum atomic E-state index is 12.9. The number of fused-ring (bicyclic) bond motifs is 1. The molecule has 1 unspecified atom stereocenters. The Bertz CT molecular complexity index is 1630. The number of ether oxygens (including phenoxy) is 1. The molecule has 1 aliphatic heterocycles. The minimum atomic E-state index is -1.34. The van der Waals surface area contributed by atoms with Gasteiger partial charge in [-0.15, -0.1) is 0 Å². The second-order valence-corrected chi connectivity index (χ2v) is 12.2. The van der Waals surface area contributed by atoms with Crippen molar-refractivity contribution in [2.24, 2.45) is 0 Å². The highest BCUT2D eigenvalue weighted by atomic mass is 16.6. The van der Waals surface area contributed by atoms with Crippen molar-refractivity contribution >= 4 is 34.2 Å². The van der Waals surface area contributed by atoms with Gasteiger partial charge in [0, 0.05) is 24.1 Å². The maximum Gasteiger partial charge on any atom is 0.167 e. The van der Waals surface area contributed by atoms with Gasteiger partial charge >= 0.3 is 0 Å². The lowest BCUT2D eigenvalue weighted by molar-refractivity contribution is -0.135. The summed E-state index contributed by atoms with van der Waals surface area (Å²) in [6.07, 6.45) is 0.256. The summed E-state index contributed by atoms with van der Waals surface area (Å²) < 4.78 is 7.23. The van der Waals surface area contributed by atoms with Crippen LogP contribution in [-0.4, -0.2) is 59.6 Å². The van der Waals surface area contributed by atoms with E-state index in [1.54, 1.807) is 6.92 Å². The van der Waals surface area contributed by atoms with Crippen LogP contribution < -0.4 is 5.32 Å². The van der Waals surface area contributed by atoms with Gasteiger partial charge in [-0.25, -0.2) is 15.0 Å². The second-order valence-electron chi connectivity index (χ2n) is 12.2. The number of aliphatic hydroxyl groups excluding tert-OH is 2. The van der Waals surface area contributed by atoms with E-state index in [1.165, 1.54) is 22.8 Å². The molecule has 2 aromatic carbocycles. The third-order valence-electron chi connectivity index (χ3n) is 7.89. The normalized spacial score (nSPS) is 20.4. The molecule has 4 atom stereocenters. The van der Waals surface area contributed by atoms with E-state index in [0.717, 1.165) is 35.2 Å². The zero-order chi connectivity index (χ0) is 30.9. The van der Waals surface area contributed by atoms with Crippen molar-refractivity contribution in [1.82, 2.24) is 19.5 Å². The Morgan fingerprint density at radius 2 is 1.77 bits per heavy atom. The number of benzene rings is 2. The minimum absolute atomic E-state index is 0.00953. The standard InChI is InChI=1S/C33H39N5O5/c1-6-24(39)29-27(41)28(42)32(43-29)38-18-36-26-30(34-17-35-31(26)38)37-23-12-10-20(11-13-23)8-7-9-25(40)21-14-19(2)15-22(16-21)33(3,4)5/h10-18,27-29,32,41-42H,6-9H2,1-5H3,(H,34,35,37)/t27-,28?,29-,32-/m1/s1. The van der Waals surface area contributed by atoms with E-state index in [2.05, 4.69) is 47.1 Å². The fourth-order valence-corrected chi connectivity index (χ4v) is 5.35. The van der Waals surface area contributed by atoms with Crippen LogP contribution in [0.2, 0.25) is 0 Å². The van der Waals surface area contributed by atoms with E-state index in [9.17, 15) is 19.8 Å². The lowest BCUT2D eigenvalue weighted by Crippen LogP contribution is -2.35. The molecular formula is C33H39N5O5. The number of carbonyl (C=O) groups is 2. The van der Waals surface area contributed by atoms with E-state index in [-0.39, 0.29) is 23.4 Å². The molecule has 4 aromatic rings. The first kappa shape index (κ1) is 30.5. The molecule has 3 heterocycles. The molecule has 0 bridgehead atoms. The lowest BCUT2D eigenvalue weighted by atomic mass is 9.84. The number of aryl methyl sites for hydroxylation is 2. The summed E-state index contributed by atoms with van der Waals surface area (Å²) in [5, 5.41) is 24.2. The molecule has 0 saturated carbocycles. The highest BCUT2D eigenvalue weighted by Crippen LogP contribution is 2.33. The fourth-order valence-electron chi connectivity index (χ4n) is 5.35. The van der Waals surface area contributed by atoms with Crippen LogP contribution in [0.25, 0.3) is 11.2 Å². The lowest BCUT2D eigenvalue weighted by Gasteiger charge is -2.20. The predicted octanol–water partition coefficient (Wildman–Crippen LogP) is 4.98. The van der Waals surface area contributed by atoms with E-state index < -0.39 is 24.5 Å². The van der Waals surface area contributed by atoms with Gasteiger partial charge in [0.1, 0.15) is 24.6 Å². The summed E-state index contributed by atoms with van der Waals surface area (Å²) in [7, 11) is 0. The van der Waals surface area contributed by atoms with Crippen LogP contribution in [-0.2, 0) is 21.4 Å². The van der Waals surface area contributed by atoms with Crippen LogP contribution >= 0.6 is 0 Å². The Labute approximate surface area is 251 Å². The van der Waals surface area contributed by atoms with Crippen LogP contribution in [0.3, 0.4) is 0 Å². The zero-order valence-electron chi connectivity index (χ0n) is 25.2. The molecular weight excluding hydrogens is 546 g/mol. The van der Waals surface area contributed by atoms with Crippen molar-refractivity contribution in [1.29, 1.82) is 0 Å². The molecule has 3 N–H and O–H groups in total. The van der Waals surface area contributed by atoms with Crippen molar-refractivity contribution in [2.75, 3.05) is 5.32 Å². The number of aliphatic hydroxyl groups is 2. The molecule has 1 fully saturated rings. The molecule has 1 aliphatic rings. The van der Waals surface area contributed by atoms with Crippen LogP contribution in [0.1, 0.15) is 80.2 Å². The Morgan fingerprint density at radius 3 is 2.47 bits per heavy atom. The third kappa shape index (κ3) is 6.51. The highest BCUT2D eigenvalue weighted by molar-refractivity contribution is 5.96. The number of anilines is 2. The number of aromatic nitrogens is 4. The topological polar surface area (TPSA) is 139 Å². The van der Waals surface area contributed by atoms with Gasteiger partial charge in [-0.3, -0.25) is 14.2 Å². The van der Waals surface area contributed by atoms with Gasteiger partial charge in [0.05, 0.1) is 6.33 Å². The SMILES string of the molecule is CCC(=O)[C@H]1O[C@@H](n2cnc3c(Nc4ccc(CCCC(=O)c5cc(C)cc(C(C)(C)C)c5)cc4)ncnc32)C(O)[C@H]1O. The van der Waals surface area contributed by atoms with Gasteiger partial charge in [0.2, 0.25) is 0 Å². The third-order valence-corrected chi connectivity index (χ3v) is 7.89. The van der Waals surface area contributed by atoms with Gasteiger partial charge < -0.3 is 20.3 Å². The summed E-state index contributed by atoms with van der Waals surface area (Å²) in [5.74, 6) is 0.341. The number of Topliss-reactive ketones (excluding diaryl/α,β-unsaturated/α-hetero) is 2. The monoisotopic (exact) mass is 585 g/mol. The van der Waals surface area contributed by atoms with E-state index >= 15 is 0 Å². The molecule has 0 amide bonds. The Morgan fingerprint density at radius 1 is 1.02 bits per heavy atom. The fraction of sp³-hybridized carbons (Fsp3) is 0.424. The van der Waals surface area contributed by atoms with Crippen molar-refractivity contribution in [3.63, 3.8) is 0 Å². The average Bonchev–Trinajstić information content (AvgIpc) is 3.53. The predicted molar refractivity (Wildman–Crippen MR) is 163 cm³/mol. The number of hydrogen-bond acceptors (Lipinski definition) is 9. The van der Waals surface area contributed by atoms with Gasteiger partial charge in [0.15, 0.2) is 34.8 Å². The van der Waals surface area contributed by atoms with Gasteiger partial charge in [-0.05, 0) is 60.6 Å². The van der Waals surface area contributed by atoms with Crippen LogP contribution in [0.5, 0.6) is 0 Å². The Hall–Kier alpha value is -3.99. The van der Waals surface area contributed by atoms with Crippen LogP contribution in [0.15, 0.2) is 55.1 Å². The summed E-state index contributed by atoms with van der Waals surface area (Å²) in [6.45, 7) is 10.2. The van der Waals surface area contributed by atoms with E-state index in [0.29, 0.717) is 23.4 Å². The molecule has 2 aromatic heterocycles. The van der Waals surface area contributed by atoms with E-state index in [4.69, 9.17) is 4.74 Å². The van der Waals surface area contributed by atoms with Crippen molar-refractivity contribution in [3.05, 3.63) is 77.4 Å². The number of carbonyl (C=O) groups excluding carboxylic acids is 2. The number of ketones is 2.